The van der Waals surface area contributed by atoms with Crippen molar-refractivity contribution >= 4 is 27.4 Å². The highest BCUT2D eigenvalue weighted by molar-refractivity contribution is 7.89. The molecule has 1 aromatic carbocycles. The lowest BCUT2D eigenvalue weighted by molar-refractivity contribution is 0.383. The molecule has 0 aliphatic carbocycles. The zero-order valence-corrected chi connectivity index (χ0v) is 17.7. The summed E-state index contributed by atoms with van der Waals surface area (Å²) in [7, 11) is -3.54. The number of piperazine rings is 1. The summed E-state index contributed by atoms with van der Waals surface area (Å²) in [5.41, 5.74) is 1.91. The van der Waals surface area contributed by atoms with Crippen molar-refractivity contribution in [2.24, 2.45) is 0 Å². The summed E-state index contributed by atoms with van der Waals surface area (Å²) in [6.07, 6.45) is 1.51. The van der Waals surface area contributed by atoms with E-state index < -0.39 is 10.0 Å². The van der Waals surface area contributed by atoms with Crippen LogP contribution in [-0.4, -0.2) is 58.7 Å². The Morgan fingerprint density at radius 2 is 1.59 bits per heavy atom. The van der Waals surface area contributed by atoms with Crippen LogP contribution < -0.4 is 4.90 Å². The van der Waals surface area contributed by atoms with Crippen molar-refractivity contribution in [1.29, 1.82) is 0 Å². The Hall–Kier alpha value is -2.49. The summed E-state index contributed by atoms with van der Waals surface area (Å²) in [6.45, 7) is 5.75. The standard InChI is InChI=1S/C19H21ClN6O2S/c1-14-11-15(2)26(23-14)19-12-18(21-13-22-19)24-7-9-25(10-8-24)29(27,28)17-5-3-16(20)4-6-17/h3-6,11-13H,7-10H2,1-2H3. The zero-order chi connectivity index (χ0) is 20.6. The van der Waals surface area contributed by atoms with Gasteiger partial charge in [-0.1, -0.05) is 11.6 Å². The minimum absolute atomic E-state index is 0.254. The van der Waals surface area contributed by atoms with Gasteiger partial charge in [0.15, 0.2) is 5.82 Å². The molecule has 2 aromatic heterocycles. The molecule has 0 unspecified atom stereocenters. The average molecular weight is 433 g/mol. The van der Waals surface area contributed by atoms with Crippen molar-refractivity contribution in [2.75, 3.05) is 31.1 Å². The molecule has 3 aromatic rings. The first kappa shape index (κ1) is 19.8. The molecular weight excluding hydrogens is 412 g/mol. The summed E-state index contributed by atoms with van der Waals surface area (Å²) in [5, 5.41) is 4.97. The van der Waals surface area contributed by atoms with E-state index in [0.717, 1.165) is 17.2 Å². The maximum absolute atomic E-state index is 12.8. The first-order valence-electron chi connectivity index (χ1n) is 9.21. The SMILES string of the molecule is Cc1cc(C)n(-c2cc(N3CCN(S(=O)(=O)c4ccc(Cl)cc4)CC3)ncn2)n1. The Kier molecular flexibility index (Phi) is 5.28. The van der Waals surface area contributed by atoms with Crippen LogP contribution in [0.2, 0.25) is 5.02 Å². The number of anilines is 1. The largest absolute Gasteiger partial charge is 0.354 e. The predicted octanol–water partition coefficient (Wildman–Crippen LogP) is 2.44. The van der Waals surface area contributed by atoms with Gasteiger partial charge in [0.05, 0.1) is 10.6 Å². The molecule has 0 bridgehead atoms. The second-order valence-electron chi connectivity index (χ2n) is 6.92. The van der Waals surface area contributed by atoms with Gasteiger partial charge in [0, 0.05) is 43.0 Å². The second kappa shape index (κ2) is 7.74. The third-order valence-electron chi connectivity index (χ3n) is 4.88. The fourth-order valence-corrected chi connectivity index (χ4v) is 4.95. The molecule has 1 fully saturated rings. The predicted molar refractivity (Wildman–Crippen MR) is 111 cm³/mol. The molecule has 0 saturated carbocycles. The highest BCUT2D eigenvalue weighted by atomic mass is 35.5. The smallest absolute Gasteiger partial charge is 0.243 e. The van der Waals surface area contributed by atoms with Gasteiger partial charge in [-0.25, -0.2) is 23.1 Å². The van der Waals surface area contributed by atoms with E-state index in [1.165, 1.54) is 22.8 Å². The topological polar surface area (TPSA) is 84.2 Å². The van der Waals surface area contributed by atoms with Crippen LogP contribution in [0, 0.1) is 13.8 Å². The van der Waals surface area contributed by atoms with Crippen LogP contribution in [0.5, 0.6) is 0 Å². The highest BCUT2D eigenvalue weighted by Crippen LogP contribution is 2.22. The molecule has 10 heteroatoms. The van der Waals surface area contributed by atoms with Crippen LogP contribution >= 0.6 is 11.6 Å². The fraction of sp³-hybridized carbons (Fsp3) is 0.316. The maximum Gasteiger partial charge on any atom is 0.243 e. The summed E-state index contributed by atoms with van der Waals surface area (Å²) >= 11 is 5.87. The number of rotatable bonds is 4. The first-order valence-corrected chi connectivity index (χ1v) is 11.0. The Morgan fingerprint density at radius 3 is 2.21 bits per heavy atom. The zero-order valence-electron chi connectivity index (χ0n) is 16.2. The van der Waals surface area contributed by atoms with E-state index in [1.54, 1.807) is 16.8 Å². The van der Waals surface area contributed by atoms with E-state index in [9.17, 15) is 8.42 Å². The van der Waals surface area contributed by atoms with Crippen molar-refractivity contribution in [1.82, 2.24) is 24.1 Å². The quantitative estimate of drug-likeness (QED) is 0.629. The Bertz CT molecular complexity index is 1120. The third kappa shape index (κ3) is 3.98. The van der Waals surface area contributed by atoms with E-state index in [2.05, 4.69) is 20.0 Å². The molecule has 0 spiro atoms. The number of sulfonamides is 1. The minimum atomic E-state index is -3.54. The van der Waals surface area contributed by atoms with E-state index in [0.29, 0.717) is 37.0 Å². The number of nitrogens with zero attached hydrogens (tertiary/aromatic N) is 6. The van der Waals surface area contributed by atoms with Crippen molar-refractivity contribution < 1.29 is 8.42 Å². The number of aromatic nitrogens is 4. The van der Waals surface area contributed by atoms with Crippen molar-refractivity contribution in [3.8, 4) is 5.82 Å². The van der Waals surface area contributed by atoms with E-state index >= 15 is 0 Å². The van der Waals surface area contributed by atoms with Crippen LogP contribution in [-0.2, 0) is 10.0 Å². The van der Waals surface area contributed by atoms with Gasteiger partial charge in [-0.3, -0.25) is 0 Å². The molecule has 0 radical (unpaired) electrons. The Labute approximate surface area is 174 Å². The fourth-order valence-electron chi connectivity index (χ4n) is 3.40. The number of aryl methyl sites for hydroxylation is 2. The molecular formula is C19H21ClN6O2S. The molecule has 29 heavy (non-hydrogen) atoms. The van der Waals surface area contributed by atoms with Crippen molar-refractivity contribution in [3.63, 3.8) is 0 Å². The van der Waals surface area contributed by atoms with E-state index in [-0.39, 0.29) is 4.90 Å². The highest BCUT2D eigenvalue weighted by Gasteiger charge is 2.29. The van der Waals surface area contributed by atoms with Crippen LogP contribution in [0.4, 0.5) is 5.82 Å². The summed E-state index contributed by atoms with van der Waals surface area (Å²) in [5.74, 6) is 1.45. The van der Waals surface area contributed by atoms with E-state index in [4.69, 9.17) is 11.6 Å². The van der Waals surface area contributed by atoms with Gasteiger partial charge in [0.1, 0.15) is 12.1 Å². The average Bonchev–Trinajstić information content (AvgIpc) is 3.06. The summed E-state index contributed by atoms with van der Waals surface area (Å²) in [4.78, 5) is 11.0. The molecule has 152 valence electrons. The molecule has 4 rings (SSSR count). The summed E-state index contributed by atoms with van der Waals surface area (Å²) < 4.78 is 29.0. The van der Waals surface area contributed by atoms with Crippen LogP contribution in [0.15, 0.2) is 47.6 Å². The van der Waals surface area contributed by atoms with Gasteiger partial charge in [0.25, 0.3) is 0 Å². The number of hydrogen-bond acceptors (Lipinski definition) is 6. The van der Waals surface area contributed by atoms with Crippen LogP contribution in [0.3, 0.4) is 0 Å². The number of halogens is 1. The van der Waals surface area contributed by atoms with Gasteiger partial charge >= 0.3 is 0 Å². The second-order valence-corrected chi connectivity index (χ2v) is 9.29. The molecule has 1 aliphatic heterocycles. The Balaban J connectivity index is 1.49. The molecule has 8 nitrogen and oxygen atoms in total. The van der Waals surface area contributed by atoms with Gasteiger partial charge in [-0.05, 0) is 44.2 Å². The summed E-state index contributed by atoms with van der Waals surface area (Å²) in [6, 6.07) is 10.1. The van der Waals surface area contributed by atoms with Crippen LogP contribution in [0.25, 0.3) is 5.82 Å². The number of benzene rings is 1. The lowest BCUT2D eigenvalue weighted by Crippen LogP contribution is -2.48. The molecule has 3 heterocycles. The molecule has 0 N–H and O–H groups in total. The molecule has 0 amide bonds. The molecule has 1 saturated heterocycles. The third-order valence-corrected chi connectivity index (χ3v) is 7.04. The van der Waals surface area contributed by atoms with Crippen molar-refractivity contribution in [2.45, 2.75) is 18.7 Å². The first-order chi connectivity index (χ1) is 13.8. The normalized spacial score (nSPS) is 15.6. The van der Waals surface area contributed by atoms with Gasteiger partial charge in [0.2, 0.25) is 10.0 Å². The van der Waals surface area contributed by atoms with Gasteiger partial charge in [-0.2, -0.15) is 9.40 Å². The molecule has 1 aliphatic rings. The van der Waals surface area contributed by atoms with Gasteiger partial charge < -0.3 is 4.90 Å². The van der Waals surface area contributed by atoms with E-state index in [1.807, 2.05) is 26.0 Å². The minimum Gasteiger partial charge on any atom is -0.354 e. The Morgan fingerprint density at radius 1 is 0.931 bits per heavy atom. The lowest BCUT2D eigenvalue weighted by Gasteiger charge is -2.34. The monoisotopic (exact) mass is 432 g/mol. The van der Waals surface area contributed by atoms with Gasteiger partial charge in [-0.15, -0.1) is 0 Å². The van der Waals surface area contributed by atoms with Crippen molar-refractivity contribution in [3.05, 3.63) is 59.1 Å². The molecule has 0 atom stereocenters. The maximum atomic E-state index is 12.8. The van der Waals surface area contributed by atoms with Crippen LogP contribution in [0.1, 0.15) is 11.4 Å². The lowest BCUT2D eigenvalue weighted by atomic mass is 10.3. The number of hydrogen-bond donors (Lipinski definition) is 0.